The van der Waals surface area contributed by atoms with Gasteiger partial charge in [-0.3, -0.25) is 4.79 Å². The lowest BCUT2D eigenvalue weighted by atomic mass is 10.4. The van der Waals surface area contributed by atoms with E-state index in [0.29, 0.717) is 12.6 Å². The first-order chi connectivity index (χ1) is 7.29. The van der Waals surface area contributed by atoms with Gasteiger partial charge in [0.15, 0.2) is 0 Å². The minimum Gasteiger partial charge on any atom is -0.381 e. The number of nitrogens with zero attached hydrogens (tertiary/aromatic N) is 2. The third-order valence-corrected chi connectivity index (χ3v) is 2.92. The highest BCUT2D eigenvalue weighted by atomic mass is 32.2. The van der Waals surface area contributed by atoms with Gasteiger partial charge >= 0.3 is 0 Å². The Morgan fingerprint density at radius 1 is 1.67 bits per heavy atom. The maximum atomic E-state index is 11.6. The largest absolute Gasteiger partial charge is 0.381 e. The normalized spacial score (nSPS) is 15.3. The fourth-order valence-electron chi connectivity index (χ4n) is 1.32. The Labute approximate surface area is 93.1 Å². The van der Waals surface area contributed by atoms with E-state index in [2.05, 4.69) is 10.4 Å². The van der Waals surface area contributed by atoms with E-state index in [1.165, 1.54) is 17.5 Å². The zero-order valence-electron chi connectivity index (χ0n) is 8.77. The van der Waals surface area contributed by atoms with Gasteiger partial charge in [-0.15, -0.1) is 0 Å². The van der Waals surface area contributed by atoms with Crippen molar-refractivity contribution in [2.24, 2.45) is 0 Å². The van der Waals surface area contributed by atoms with Gasteiger partial charge in [0.2, 0.25) is 0 Å². The average molecular weight is 225 g/mol. The van der Waals surface area contributed by atoms with Crippen LogP contribution < -0.4 is 10.9 Å². The van der Waals surface area contributed by atoms with E-state index in [9.17, 15) is 4.79 Å². The van der Waals surface area contributed by atoms with E-state index in [0.717, 1.165) is 11.4 Å². The summed E-state index contributed by atoms with van der Waals surface area (Å²) in [6, 6.07) is 2.19. The molecule has 2 rings (SSSR count). The SMILES string of the molecule is CSCCn1ncc(NC2CC2)cc1=O. The Kier molecular flexibility index (Phi) is 3.30. The summed E-state index contributed by atoms with van der Waals surface area (Å²) in [5, 5.41) is 7.38. The molecule has 1 saturated carbocycles. The quantitative estimate of drug-likeness (QED) is 0.817. The topological polar surface area (TPSA) is 46.9 Å². The molecule has 0 amide bonds. The van der Waals surface area contributed by atoms with Crippen LogP contribution in [0.1, 0.15) is 12.8 Å². The summed E-state index contributed by atoms with van der Waals surface area (Å²) in [7, 11) is 0. The summed E-state index contributed by atoms with van der Waals surface area (Å²) in [6.45, 7) is 0.684. The molecular weight excluding hydrogens is 210 g/mol. The van der Waals surface area contributed by atoms with Gasteiger partial charge in [-0.05, 0) is 19.1 Å². The second kappa shape index (κ2) is 4.70. The van der Waals surface area contributed by atoms with Gasteiger partial charge in [0.25, 0.3) is 5.56 Å². The van der Waals surface area contributed by atoms with Crippen LogP contribution in [0.3, 0.4) is 0 Å². The molecule has 1 aromatic rings. The van der Waals surface area contributed by atoms with Gasteiger partial charge in [0.1, 0.15) is 0 Å². The molecule has 5 heteroatoms. The number of aromatic nitrogens is 2. The Hall–Kier alpha value is -0.970. The highest BCUT2D eigenvalue weighted by molar-refractivity contribution is 7.98. The first-order valence-corrected chi connectivity index (χ1v) is 6.51. The standard InChI is InChI=1S/C10H15N3OS/c1-15-5-4-13-10(14)6-9(7-11-13)12-8-2-3-8/h6-8,12H,2-5H2,1H3. The predicted octanol–water partition coefficient (Wildman–Crippen LogP) is 1.18. The van der Waals surface area contributed by atoms with Crippen molar-refractivity contribution in [2.75, 3.05) is 17.3 Å². The van der Waals surface area contributed by atoms with E-state index in [4.69, 9.17) is 0 Å². The van der Waals surface area contributed by atoms with Crippen molar-refractivity contribution in [1.82, 2.24) is 9.78 Å². The van der Waals surface area contributed by atoms with E-state index in [1.54, 1.807) is 24.0 Å². The van der Waals surface area contributed by atoms with Gasteiger partial charge in [-0.25, -0.2) is 4.68 Å². The average Bonchev–Trinajstić information content (AvgIpc) is 3.01. The molecule has 1 aliphatic rings. The molecule has 0 aliphatic heterocycles. The molecule has 0 aromatic carbocycles. The van der Waals surface area contributed by atoms with E-state index >= 15 is 0 Å². The zero-order valence-corrected chi connectivity index (χ0v) is 9.59. The number of rotatable bonds is 5. The lowest BCUT2D eigenvalue weighted by molar-refractivity contribution is 0.622. The second-order valence-corrected chi connectivity index (χ2v) is 4.70. The second-order valence-electron chi connectivity index (χ2n) is 3.72. The van der Waals surface area contributed by atoms with Gasteiger partial charge in [0.05, 0.1) is 18.4 Å². The molecule has 1 heterocycles. The van der Waals surface area contributed by atoms with Gasteiger partial charge in [0, 0.05) is 17.9 Å². The maximum Gasteiger partial charge on any atom is 0.268 e. The number of nitrogens with one attached hydrogen (secondary N) is 1. The van der Waals surface area contributed by atoms with Crippen molar-refractivity contribution < 1.29 is 0 Å². The summed E-state index contributed by atoms with van der Waals surface area (Å²) < 4.78 is 1.51. The molecule has 0 radical (unpaired) electrons. The smallest absolute Gasteiger partial charge is 0.268 e. The minimum absolute atomic E-state index is 0.0188. The Morgan fingerprint density at radius 2 is 2.47 bits per heavy atom. The molecule has 0 bridgehead atoms. The number of anilines is 1. The molecule has 0 atom stereocenters. The molecule has 0 unspecified atom stereocenters. The molecule has 1 fully saturated rings. The first kappa shape index (κ1) is 10.5. The van der Waals surface area contributed by atoms with Crippen molar-refractivity contribution >= 4 is 17.4 Å². The summed E-state index contributed by atoms with van der Waals surface area (Å²) in [4.78, 5) is 11.6. The number of hydrogen-bond acceptors (Lipinski definition) is 4. The molecule has 0 spiro atoms. The highest BCUT2D eigenvalue weighted by Crippen LogP contribution is 2.23. The van der Waals surface area contributed by atoms with Crippen LogP contribution in [0.2, 0.25) is 0 Å². The van der Waals surface area contributed by atoms with Crippen molar-refractivity contribution in [3.05, 3.63) is 22.6 Å². The maximum absolute atomic E-state index is 11.6. The third-order valence-electron chi connectivity index (χ3n) is 2.32. The lowest BCUT2D eigenvalue weighted by Crippen LogP contribution is -2.23. The fourth-order valence-corrected chi connectivity index (χ4v) is 1.68. The van der Waals surface area contributed by atoms with Crippen LogP contribution in [0.4, 0.5) is 5.69 Å². The van der Waals surface area contributed by atoms with Crippen molar-refractivity contribution in [3.8, 4) is 0 Å². The summed E-state index contributed by atoms with van der Waals surface area (Å²) in [5.74, 6) is 0.919. The van der Waals surface area contributed by atoms with Crippen molar-refractivity contribution in [2.45, 2.75) is 25.4 Å². The molecule has 82 valence electrons. The minimum atomic E-state index is -0.0188. The summed E-state index contributed by atoms with van der Waals surface area (Å²) in [6.07, 6.45) is 6.17. The van der Waals surface area contributed by atoms with Crippen LogP contribution in [0.25, 0.3) is 0 Å². The Bertz CT molecular complexity index is 386. The fraction of sp³-hybridized carbons (Fsp3) is 0.600. The first-order valence-electron chi connectivity index (χ1n) is 5.12. The summed E-state index contributed by atoms with van der Waals surface area (Å²) >= 11 is 1.71. The molecule has 4 nitrogen and oxygen atoms in total. The Morgan fingerprint density at radius 3 is 3.07 bits per heavy atom. The van der Waals surface area contributed by atoms with Crippen LogP contribution in [0.5, 0.6) is 0 Å². The van der Waals surface area contributed by atoms with Crippen LogP contribution in [-0.2, 0) is 6.54 Å². The van der Waals surface area contributed by atoms with Gasteiger partial charge in [-0.1, -0.05) is 0 Å². The molecule has 1 aromatic heterocycles. The van der Waals surface area contributed by atoms with Crippen LogP contribution >= 0.6 is 11.8 Å². The van der Waals surface area contributed by atoms with Crippen LogP contribution in [-0.4, -0.2) is 27.8 Å². The molecule has 0 saturated heterocycles. The number of thioether (sulfide) groups is 1. The predicted molar refractivity (Wildman–Crippen MR) is 63.5 cm³/mol. The van der Waals surface area contributed by atoms with Crippen LogP contribution in [0.15, 0.2) is 17.1 Å². The molecule has 1 aliphatic carbocycles. The molecule has 15 heavy (non-hydrogen) atoms. The zero-order chi connectivity index (χ0) is 10.7. The number of hydrogen-bond donors (Lipinski definition) is 1. The van der Waals surface area contributed by atoms with Crippen molar-refractivity contribution in [3.63, 3.8) is 0 Å². The summed E-state index contributed by atoms with van der Waals surface area (Å²) in [5.41, 5.74) is 0.831. The highest BCUT2D eigenvalue weighted by Gasteiger charge is 2.20. The van der Waals surface area contributed by atoms with Crippen LogP contribution in [0, 0.1) is 0 Å². The molecule has 1 N–H and O–H groups in total. The van der Waals surface area contributed by atoms with E-state index < -0.39 is 0 Å². The lowest BCUT2D eigenvalue weighted by Gasteiger charge is -2.06. The number of aryl methyl sites for hydroxylation is 1. The third kappa shape index (κ3) is 2.99. The monoisotopic (exact) mass is 225 g/mol. The van der Waals surface area contributed by atoms with Gasteiger partial charge < -0.3 is 5.32 Å². The molecular formula is C10H15N3OS. The van der Waals surface area contributed by atoms with E-state index in [1.807, 2.05) is 6.26 Å². The Balaban J connectivity index is 2.04. The van der Waals surface area contributed by atoms with Gasteiger partial charge in [-0.2, -0.15) is 16.9 Å². The van der Waals surface area contributed by atoms with E-state index in [-0.39, 0.29) is 5.56 Å². The van der Waals surface area contributed by atoms with Crippen molar-refractivity contribution in [1.29, 1.82) is 0 Å².